The summed E-state index contributed by atoms with van der Waals surface area (Å²) < 4.78 is 17.5. The first kappa shape index (κ1) is 18.6. The lowest BCUT2D eigenvalue weighted by molar-refractivity contribution is -0.0203. The lowest BCUT2D eigenvalue weighted by Crippen LogP contribution is -2.33. The highest BCUT2D eigenvalue weighted by Gasteiger charge is 2.41. The minimum absolute atomic E-state index is 0.114. The van der Waals surface area contributed by atoms with E-state index in [0.717, 1.165) is 46.1 Å². The van der Waals surface area contributed by atoms with Crippen molar-refractivity contribution in [1.82, 2.24) is 5.01 Å². The highest BCUT2D eigenvalue weighted by atomic mass is 16.5. The van der Waals surface area contributed by atoms with E-state index in [1.165, 1.54) is 5.56 Å². The van der Waals surface area contributed by atoms with Gasteiger partial charge in [-0.1, -0.05) is 48.0 Å². The van der Waals surface area contributed by atoms with Crippen LogP contribution in [0.1, 0.15) is 40.9 Å². The van der Waals surface area contributed by atoms with Gasteiger partial charge in [0.05, 0.1) is 31.5 Å². The molecule has 30 heavy (non-hydrogen) atoms. The predicted octanol–water partition coefficient (Wildman–Crippen LogP) is 5.25. The van der Waals surface area contributed by atoms with E-state index in [4.69, 9.17) is 19.3 Å². The number of hydrogen-bond donors (Lipinski definition) is 0. The second-order valence-corrected chi connectivity index (χ2v) is 7.63. The fourth-order valence-electron chi connectivity index (χ4n) is 4.18. The second-order valence-electron chi connectivity index (χ2n) is 7.63. The number of benzene rings is 3. The largest absolute Gasteiger partial charge is 0.497 e. The molecular weight excluding hydrogens is 376 g/mol. The average molecular weight is 400 g/mol. The molecule has 5 rings (SSSR count). The maximum absolute atomic E-state index is 6.45. The number of nitrogens with zero attached hydrogens (tertiary/aromatic N) is 2. The highest BCUT2D eigenvalue weighted by molar-refractivity contribution is 6.02. The third kappa shape index (κ3) is 3.07. The van der Waals surface area contributed by atoms with Gasteiger partial charge in [-0.05, 0) is 30.7 Å². The number of methoxy groups -OCH3 is 2. The van der Waals surface area contributed by atoms with Crippen LogP contribution in [0.4, 0.5) is 0 Å². The van der Waals surface area contributed by atoms with Crippen molar-refractivity contribution in [2.24, 2.45) is 5.10 Å². The molecule has 0 radical (unpaired) electrons. The molecule has 2 heterocycles. The Labute approximate surface area is 176 Å². The summed E-state index contributed by atoms with van der Waals surface area (Å²) in [5.41, 5.74) is 5.54. The van der Waals surface area contributed by atoms with E-state index in [0.29, 0.717) is 0 Å². The van der Waals surface area contributed by atoms with E-state index >= 15 is 0 Å². The third-order valence-corrected chi connectivity index (χ3v) is 5.79. The van der Waals surface area contributed by atoms with Gasteiger partial charge in [-0.15, -0.1) is 0 Å². The molecule has 5 heteroatoms. The van der Waals surface area contributed by atoms with E-state index < -0.39 is 0 Å². The quantitative estimate of drug-likeness (QED) is 0.600. The van der Waals surface area contributed by atoms with Gasteiger partial charge in [-0.2, -0.15) is 5.10 Å². The number of hydrogen-bond acceptors (Lipinski definition) is 5. The zero-order valence-corrected chi connectivity index (χ0v) is 17.3. The average Bonchev–Trinajstić information content (AvgIpc) is 3.24. The van der Waals surface area contributed by atoms with Crippen molar-refractivity contribution in [2.75, 3.05) is 14.2 Å². The Hall–Kier alpha value is -3.47. The normalized spacial score (nSPS) is 19.4. The molecule has 2 unspecified atom stereocenters. The predicted molar refractivity (Wildman–Crippen MR) is 116 cm³/mol. The molecule has 0 N–H and O–H groups in total. The van der Waals surface area contributed by atoms with Crippen molar-refractivity contribution in [2.45, 2.75) is 25.6 Å². The van der Waals surface area contributed by atoms with Crippen LogP contribution in [0.5, 0.6) is 17.2 Å². The molecule has 0 amide bonds. The Bertz CT molecular complexity index is 1110. The van der Waals surface area contributed by atoms with E-state index in [1.807, 2.05) is 30.3 Å². The molecule has 0 spiro atoms. The molecule has 0 saturated carbocycles. The number of rotatable bonds is 4. The van der Waals surface area contributed by atoms with Crippen molar-refractivity contribution in [1.29, 1.82) is 0 Å². The van der Waals surface area contributed by atoms with E-state index in [1.54, 1.807) is 14.2 Å². The zero-order valence-electron chi connectivity index (χ0n) is 17.3. The molecule has 5 nitrogen and oxygen atoms in total. The van der Waals surface area contributed by atoms with Crippen LogP contribution < -0.4 is 14.2 Å². The first-order chi connectivity index (χ1) is 14.7. The van der Waals surface area contributed by atoms with Crippen LogP contribution in [0.15, 0.2) is 71.8 Å². The van der Waals surface area contributed by atoms with E-state index in [9.17, 15) is 0 Å². The molecule has 0 saturated heterocycles. The molecule has 0 bridgehead atoms. The van der Waals surface area contributed by atoms with Gasteiger partial charge >= 0.3 is 0 Å². The molecular formula is C25H24N2O3. The van der Waals surface area contributed by atoms with Crippen molar-refractivity contribution in [3.05, 3.63) is 89.0 Å². The minimum Gasteiger partial charge on any atom is -0.497 e. The summed E-state index contributed by atoms with van der Waals surface area (Å²) in [7, 11) is 3.31. The first-order valence-corrected chi connectivity index (χ1v) is 10.1. The first-order valence-electron chi connectivity index (χ1n) is 10.1. The molecule has 3 aromatic rings. The van der Waals surface area contributed by atoms with Crippen LogP contribution in [-0.2, 0) is 0 Å². The molecule has 3 aromatic carbocycles. The van der Waals surface area contributed by atoms with Crippen molar-refractivity contribution in [3.63, 3.8) is 0 Å². The van der Waals surface area contributed by atoms with Gasteiger partial charge in [0.2, 0.25) is 6.23 Å². The van der Waals surface area contributed by atoms with Crippen molar-refractivity contribution >= 4 is 5.71 Å². The summed E-state index contributed by atoms with van der Waals surface area (Å²) in [6, 6.07) is 22.7. The van der Waals surface area contributed by atoms with Crippen LogP contribution in [0.25, 0.3) is 0 Å². The maximum Gasteiger partial charge on any atom is 0.217 e. The topological polar surface area (TPSA) is 43.3 Å². The lowest BCUT2D eigenvalue weighted by atomic mass is 9.95. The number of ether oxygens (including phenoxy) is 3. The van der Waals surface area contributed by atoms with Crippen LogP contribution in [0.3, 0.4) is 0 Å². The van der Waals surface area contributed by atoms with Gasteiger partial charge in [0.15, 0.2) is 0 Å². The summed E-state index contributed by atoms with van der Waals surface area (Å²) in [5, 5.41) is 7.09. The minimum atomic E-state index is -0.381. The monoisotopic (exact) mass is 400 g/mol. The fourth-order valence-corrected chi connectivity index (χ4v) is 4.18. The molecule has 0 fully saturated rings. The summed E-state index contributed by atoms with van der Waals surface area (Å²) in [4.78, 5) is 0. The Morgan fingerprint density at radius 3 is 2.50 bits per heavy atom. The summed E-state index contributed by atoms with van der Waals surface area (Å²) >= 11 is 0. The van der Waals surface area contributed by atoms with Crippen LogP contribution in [0.2, 0.25) is 0 Å². The maximum atomic E-state index is 6.45. The summed E-state index contributed by atoms with van der Waals surface area (Å²) in [5.74, 6) is 2.35. The molecule has 0 aliphatic carbocycles. The van der Waals surface area contributed by atoms with Gasteiger partial charge in [0, 0.05) is 18.1 Å². The Kier molecular flexibility index (Phi) is 4.58. The summed E-state index contributed by atoms with van der Waals surface area (Å²) in [6.45, 7) is 2.10. The molecule has 2 aliphatic heterocycles. The van der Waals surface area contributed by atoms with Gasteiger partial charge in [0.25, 0.3) is 0 Å². The third-order valence-electron chi connectivity index (χ3n) is 5.79. The molecule has 152 valence electrons. The second kappa shape index (κ2) is 7.41. The van der Waals surface area contributed by atoms with Crippen LogP contribution >= 0.6 is 0 Å². The smallest absolute Gasteiger partial charge is 0.217 e. The standard InChI is InChI=1S/C25H24N2O3/c1-16-8-10-17(11-9-16)21-15-22-19-6-4-5-7-23(19)30-25(27(22)26-21)20-13-12-18(28-2)14-24(20)29-3/h4-14,22,25H,15H2,1-3H3. The number of fused-ring (bicyclic) bond motifs is 3. The molecule has 0 aromatic heterocycles. The van der Waals surface area contributed by atoms with Gasteiger partial charge in [-0.25, -0.2) is 5.01 Å². The SMILES string of the molecule is COc1ccc(C2Oc3ccccc3C3CC(c4ccc(C)cc4)=NN32)c(OC)c1. The van der Waals surface area contributed by atoms with E-state index in [2.05, 4.69) is 48.3 Å². The summed E-state index contributed by atoms with van der Waals surface area (Å²) in [6.07, 6.45) is 0.451. The van der Waals surface area contributed by atoms with Crippen molar-refractivity contribution in [3.8, 4) is 17.2 Å². The van der Waals surface area contributed by atoms with Crippen LogP contribution in [0, 0.1) is 6.92 Å². The van der Waals surface area contributed by atoms with Gasteiger partial charge in [0.1, 0.15) is 17.2 Å². The number of aryl methyl sites for hydroxylation is 1. The highest BCUT2D eigenvalue weighted by Crippen LogP contribution is 2.49. The number of hydrazone groups is 1. The van der Waals surface area contributed by atoms with Gasteiger partial charge in [-0.3, -0.25) is 0 Å². The molecule has 2 aliphatic rings. The van der Waals surface area contributed by atoms with Crippen LogP contribution in [-0.4, -0.2) is 24.9 Å². The van der Waals surface area contributed by atoms with Gasteiger partial charge < -0.3 is 14.2 Å². The lowest BCUT2D eigenvalue weighted by Gasteiger charge is -2.38. The fraction of sp³-hybridized carbons (Fsp3) is 0.240. The van der Waals surface area contributed by atoms with E-state index in [-0.39, 0.29) is 12.3 Å². The van der Waals surface area contributed by atoms with Crippen molar-refractivity contribution < 1.29 is 14.2 Å². The number of para-hydroxylation sites is 1. The zero-order chi connectivity index (χ0) is 20.7. The Morgan fingerprint density at radius 2 is 1.73 bits per heavy atom. The Morgan fingerprint density at radius 1 is 0.933 bits per heavy atom. The molecule has 2 atom stereocenters. The Balaban J connectivity index is 1.60.